The van der Waals surface area contributed by atoms with E-state index in [0.29, 0.717) is 6.54 Å². The number of rotatable bonds is 4. The van der Waals surface area contributed by atoms with Gasteiger partial charge in [0.25, 0.3) is 0 Å². The molecule has 0 aliphatic carbocycles. The maximum atomic E-state index is 9.35. The molecule has 1 N–H and O–H groups in total. The van der Waals surface area contributed by atoms with Crippen molar-refractivity contribution in [2.75, 3.05) is 11.9 Å². The highest BCUT2D eigenvalue weighted by Gasteiger charge is 2.10. The molecule has 0 spiro atoms. The van der Waals surface area contributed by atoms with Crippen LogP contribution in [0.5, 0.6) is 0 Å². The Kier molecular flexibility index (Phi) is 4.28. The number of aliphatic hydroxyl groups is 1. The van der Waals surface area contributed by atoms with Crippen LogP contribution in [0.25, 0.3) is 0 Å². The zero-order chi connectivity index (χ0) is 13.0. The van der Waals surface area contributed by atoms with Gasteiger partial charge < -0.3 is 10.0 Å². The summed E-state index contributed by atoms with van der Waals surface area (Å²) >= 11 is 3.35. The molecule has 0 unspecified atom stereocenters. The van der Waals surface area contributed by atoms with E-state index >= 15 is 0 Å². The highest BCUT2D eigenvalue weighted by Crippen LogP contribution is 2.21. The van der Waals surface area contributed by atoms with E-state index in [1.807, 2.05) is 36.2 Å². The van der Waals surface area contributed by atoms with Gasteiger partial charge in [-0.15, -0.1) is 0 Å². The van der Waals surface area contributed by atoms with E-state index < -0.39 is 0 Å². The van der Waals surface area contributed by atoms with E-state index in [1.165, 1.54) is 0 Å². The van der Waals surface area contributed by atoms with Gasteiger partial charge in [-0.25, -0.2) is 4.98 Å². The Morgan fingerprint density at radius 3 is 2.83 bits per heavy atom. The second-order valence-electron chi connectivity index (χ2n) is 3.97. The number of halogens is 1. The zero-order valence-corrected chi connectivity index (χ0v) is 11.6. The summed E-state index contributed by atoms with van der Waals surface area (Å²) in [5.41, 5.74) is 1.76. The molecule has 2 aromatic rings. The summed E-state index contributed by atoms with van der Waals surface area (Å²) in [4.78, 5) is 10.6. The molecule has 0 amide bonds. The van der Waals surface area contributed by atoms with Crippen LogP contribution in [0.1, 0.15) is 11.3 Å². The summed E-state index contributed by atoms with van der Waals surface area (Å²) in [5.74, 6) is 0.770. The van der Waals surface area contributed by atoms with Crippen LogP contribution in [0.15, 0.2) is 41.1 Å². The largest absolute Gasteiger partial charge is 0.392 e. The normalized spacial score (nSPS) is 10.4. The van der Waals surface area contributed by atoms with Crippen LogP contribution in [0.3, 0.4) is 0 Å². The third-order valence-electron chi connectivity index (χ3n) is 2.57. The van der Waals surface area contributed by atoms with E-state index in [0.717, 1.165) is 21.5 Å². The van der Waals surface area contributed by atoms with E-state index in [2.05, 4.69) is 25.9 Å². The van der Waals surface area contributed by atoms with Crippen LogP contribution < -0.4 is 4.90 Å². The van der Waals surface area contributed by atoms with Crippen molar-refractivity contribution in [2.45, 2.75) is 13.2 Å². The Balaban J connectivity index is 2.21. The summed E-state index contributed by atoms with van der Waals surface area (Å²) in [7, 11) is 1.93. The predicted molar refractivity (Wildman–Crippen MR) is 74.2 cm³/mol. The molecule has 0 aliphatic rings. The van der Waals surface area contributed by atoms with Gasteiger partial charge in [0, 0.05) is 29.5 Å². The molecule has 5 heteroatoms. The molecule has 0 bridgehead atoms. The standard InChI is InChI=1S/C13H14BrN3O/c1-17(8-12-4-2-3-5-15-12)13-10(9-18)6-11(14)7-16-13/h2-7,18H,8-9H2,1H3. The fourth-order valence-electron chi connectivity index (χ4n) is 1.74. The summed E-state index contributed by atoms with van der Waals surface area (Å²) in [5, 5.41) is 9.35. The van der Waals surface area contributed by atoms with E-state index in [4.69, 9.17) is 0 Å². The van der Waals surface area contributed by atoms with Crippen molar-refractivity contribution >= 4 is 21.7 Å². The van der Waals surface area contributed by atoms with Crippen LogP contribution in [0.2, 0.25) is 0 Å². The quantitative estimate of drug-likeness (QED) is 0.942. The summed E-state index contributed by atoms with van der Waals surface area (Å²) < 4.78 is 0.863. The van der Waals surface area contributed by atoms with Gasteiger partial charge in [0.05, 0.1) is 18.8 Å². The van der Waals surface area contributed by atoms with Crippen molar-refractivity contribution in [3.05, 3.63) is 52.4 Å². The maximum Gasteiger partial charge on any atom is 0.134 e. The lowest BCUT2D eigenvalue weighted by atomic mass is 10.2. The second kappa shape index (κ2) is 5.93. The van der Waals surface area contributed by atoms with Crippen LogP contribution >= 0.6 is 15.9 Å². The van der Waals surface area contributed by atoms with E-state index in [-0.39, 0.29) is 6.61 Å². The minimum absolute atomic E-state index is 0.0334. The first kappa shape index (κ1) is 13.0. The number of hydrogen-bond acceptors (Lipinski definition) is 4. The van der Waals surface area contributed by atoms with Crippen LogP contribution in [-0.2, 0) is 13.2 Å². The lowest BCUT2D eigenvalue weighted by Crippen LogP contribution is -2.20. The fraction of sp³-hybridized carbons (Fsp3) is 0.231. The van der Waals surface area contributed by atoms with Crippen molar-refractivity contribution in [3.63, 3.8) is 0 Å². The van der Waals surface area contributed by atoms with Crippen molar-refractivity contribution in [2.24, 2.45) is 0 Å². The maximum absolute atomic E-state index is 9.35. The van der Waals surface area contributed by atoms with Crippen LogP contribution in [0.4, 0.5) is 5.82 Å². The monoisotopic (exact) mass is 307 g/mol. The summed E-state index contributed by atoms with van der Waals surface area (Å²) in [6.07, 6.45) is 3.49. The highest BCUT2D eigenvalue weighted by atomic mass is 79.9. The van der Waals surface area contributed by atoms with Gasteiger partial charge in [-0.3, -0.25) is 4.98 Å². The first-order chi connectivity index (χ1) is 8.70. The van der Waals surface area contributed by atoms with Crippen LogP contribution in [-0.4, -0.2) is 22.1 Å². The van der Waals surface area contributed by atoms with Gasteiger partial charge in [0.2, 0.25) is 0 Å². The lowest BCUT2D eigenvalue weighted by molar-refractivity contribution is 0.281. The lowest BCUT2D eigenvalue weighted by Gasteiger charge is -2.20. The topological polar surface area (TPSA) is 49.2 Å². The molecule has 0 radical (unpaired) electrons. The second-order valence-corrected chi connectivity index (χ2v) is 4.89. The first-order valence-electron chi connectivity index (χ1n) is 5.57. The Morgan fingerprint density at radius 1 is 1.33 bits per heavy atom. The molecule has 2 heterocycles. The smallest absolute Gasteiger partial charge is 0.134 e. The Labute approximate surface area is 114 Å². The van der Waals surface area contributed by atoms with Crippen molar-refractivity contribution < 1.29 is 5.11 Å². The van der Waals surface area contributed by atoms with Crippen molar-refractivity contribution in [1.82, 2.24) is 9.97 Å². The molecule has 2 rings (SSSR count). The molecule has 0 aliphatic heterocycles. The highest BCUT2D eigenvalue weighted by molar-refractivity contribution is 9.10. The van der Waals surface area contributed by atoms with Crippen molar-refractivity contribution in [1.29, 1.82) is 0 Å². The fourth-order valence-corrected chi connectivity index (χ4v) is 2.12. The Hall–Kier alpha value is -1.46. The molecule has 0 fully saturated rings. The summed E-state index contributed by atoms with van der Waals surface area (Å²) in [6.45, 7) is 0.622. The molecular weight excluding hydrogens is 294 g/mol. The number of aliphatic hydroxyl groups excluding tert-OH is 1. The van der Waals surface area contributed by atoms with Gasteiger partial charge in [0.1, 0.15) is 5.82 Å². The molecule has 18 heavy (non-hydrogen) atoms. The number of pyridine rings is 2. The van der Waals surface area contributed by atoms with E-state index in [1.54, 1.807) is 12.4 Å². The first-order valence-corrected chi connectivity index (χ1v) is 6.36. The molecular formula is C13H14BrN3O. The Bertz CT molecular complexity index is 519. The van der Waals surface area contributed by atoms with Crippen LogP contribution in [0, 0.1) is 0 Å². The zero-order valence-electron chi connectivity index (χ0n) is 10.0. The molecule has 2 aromatic heterocycles. The van der Waals surface area contributed by atoms with Gasteiger partial charge in [-0.2, -0.15) is 0 Å². The molecule has 94 valence electrons. The predicted octanol–water partition coefficient (Wildman–Crippen LogP) is 2.37. The Morgan fingerprint density at radius 2 is 2.17 bits per heavy atom. The van der Waals surface area contributed by atoms with Crippen molar-refractivity contribution in [3.8, 4) is 0 Å². The minimum Gasteiger partial charge on any atom is -0.392 e. The number of nitrogens with zero attached hydrogens (tertiary/aromatic N) is 3. The number of anilines is 1. The van der Waals surface area contributed by atoms with Gasteiger partial charge in [0.15, 0.2) is 0 Å². The molecule has 4 nitrogen and oxygen atoms in total. The molecule has 0 saturated carbocycles. The average Bonchev–Trinajstić information content (AvgIpc) is 2.39. The third-order valence-corrected chi connectivity index (χ3v) is 3.00. The van der Waals surface area contributed by atoms with Gasteiger partial charge in [-0.05, 0) is 34.1 Å². The number of hydrogen-bond donors (Lipinski definition) is 1. The SMILES string of the molecule is CN(Cc1ccccn1)c1ncc(Br)cc1CO. The third kappa shape index (κ3) is 3.05. The molecule has 0 saturated heterocycles. The average molecular weight is 308 g/mol. The van der Waals surface area contributed by atoms with E-state index in [9.17, 15) is 5.11 Å². The van der Waals surface area contributed by atoms with Gasteiger partial charge in [-0.1, -0.05) is 6.07 Å². The van der Waals surface area contributed by atoms with Gasteiger partial charge >= 0.3 is 0 Å². The molecule has 0 aromatic carbocycles. The summed E-state index contributed by atoms with van der Waals surface area (Å²) in [6, 6.07) is 7.68. The number of aromatic nitrogens is 2. The molecule has 0 atom stereocenters. The minimum atomic E-state index is -0.0334.